The monoisotopic (exact) mass is 488 g/mol. The van der Waals surface area contributed by atoms with Gasteiger partial charge in [-0.25, -0.2) is 0 Å². The molecule has 3 aromatic rings. The lowest BCUT2D eigenvalue weighted by molar-refractivity contribution is 0.301. The fraction of sp³-hybridized carbons (Fsp3) is 0.419. The fourth-order valence-electron chi connectivity index (χ4n) is 5.22. The SMILES string of the molecule is COc1ccc([C@@H]2CCc3cc(O)ccc3C2)c(N(CCO)Cc2ccc(CCNC(C)C)cc2)c1. The molecule has 192 valence electrons. The van der Waals surface area contributed by atoms with Gasteiger partial charge in [0.05, 0.1) is 13.7 Å². The van der Waals surface area contributed by atoms with E-state index in [-0.39, 0.29) is 6.61 Å². The predicted octanol–water partition coefficient (Wildman–Crippen LogP) is 5.21. The highest BCUT2D eigenvalue weighted by Gasteiger charge is 2.25. The molecule has 0 aromatic heterocycles. The highest BCUT2D eigenvalue weighted by Crippen LogP contribution is 2.40. The summed E-state index contributed by atoms with van der Waals surface area (Å²) in [5, 5.41) is 23.3. The maximum atomic E-state index is 9.94. The van der Waals surface area contributed by atoms with Gasteiger partial charge in [-0.3, -0.25) is 0 Å². The molecule has 36 heavy (non-hydrogen) atoms. The molecule has 3 aromatic carbocycles. The van der Waals surface area contributed by atoms with Gasteiger partial charge in [-0.2, -0.15) is 0 Å². The second kappa shape index (κ2) is 12.3. The van der Waals surface area contributed by atoms with Gasteiger partial charge in [0, 0.05) is 30.9 Å². The summed E-state index contributed by atoms with van der Waals surface area (Å²) in [5.41, 5.74) is 7.52. The molecule has 0 heterocycles. The molecule has 1 atom stereocenters. The number of nitrogens with zero attached hydrogens (tertiary/aromatic N) is 1. The molecule has 5 heteroatoms. The van der Waals surface area contributed by atoms with E-state index in [2.05, 4.69) is 66.5 Å². The normalized spacial score (nSPS) is 15.1. The van der Waals surface area contributed by atoms with Crippen LogP contribution in [0.3, 0.4) is 0 Å². The van der Waals surface area contributed by atoms with Crippen molar-refractivity contribution in [3.05, 3.63) is 88.5 Å². The minimum absolute atomic E-state index is 0.0857. The minimum atomic E-state index is 0.0857. The van der Waals surface area contributed by atoms with E-state index < -0.39 is 0 Å². The first-order valence-electron chi connectivity index (χ1n) is 13.1. The highest BCUT2D eigenvalue weighted by molar-refractivity contribution is 5.60. The molecule has 0 saturated heterocycles. The molecule has 0 spiro atoms. The van der Waals surface area contributed by atoms with Gasteiger partial charge in [0.15, 0.2) is 0 Å². The third kappa shape index (κ3) is 6.59. The zero-order valence-electron chi connectivity index (χ0n) is 21.8. The van der Waals surface area contributed by atoms with Gasteiger partial charge >= 0.3 is 0 Å². The van der Waals surface area contributed by atoms with Crippen molar-refractivity contribution in [1.29, 1.82) is 0 Å². The second-order valence-corrected chi connectivity index (χ2v) is 10.1. The fourth-order valence-corrected chi connectivity index (χ4v) is 5.22. The number of ether oxygens (including phenoxy) is 1. The van der Waals surface area contributed by atoms with Gasteiger partial charge in [0.25, 0.3) is 0 Å². The standard InChI is InChI=1S/C31H40N2O3/c1-22(2)32-15-14-23-4-6-24(7-5-23)21-33(16-17-34)31-20-29(36-3)12-13-30(31)27-9-8-26-19-28(35)11-10-25(26)18-27/h4-7,10-13,19-20,22,27,32,34-35H,8-9,14-18,21H2,1-3H3/t27-/m1/s1. The number of fused-ring (bicyclic) bond motifs is 1. The van der Waals surface area contributed by atoms with Gasteiger partial charge in [-0.1, -0.05) is 50.2 Å². The Morgan fingerprint density at radius 2 is 1.78 bits per heavy atom. The quantitative estimate of drug-likeness (QED) is 0.346. The van der Waals surface area contributed by atoms with Gasteiger partial charge in [-0.05, 0) is 84.2 Å². The number of anilines is 1. The largest absolute Gasteiger partial charge is 0.508 e. The van der Waals surface area contributed by atoms with E-state index in [1.54, 1.807) is 13.2 Å². The van der Waals surface area contributed by atoms with Crippen molar-refractivity contribution >= 4 is 5.69 Å². The van der Waals surface area contributed by atoms with Crippen LogP contribution in [0, 0.1) is 0 Å². The maximum absolute atomic E-state index is 9.94. The molecule has 0 fully saturated rings. The number of aryl methyl sites for hydroxylation is 1. The number of phenols is 1. The average molecular weight is 489 g/mol. The Labute approximate surface area is 215 Å². The Balaban J connectivity index is 1.56. The average Bonchev–Trinajstić information content (AvgIpc) is 2.88. The van der Waals surface area contributed by atoms with Crippen LogP contribution in [0.4, 0.5) is 5.69 Å². The molecular formula is C31H40N2O3. The number of phenolic OH excluding ortho intramolecular Hbond substituents is 1. The molecule has 1 aliphatic carbocycles. The van der Waals surface area contributed by atoms with E-state index in [1.807, 2.05) is 12.1 Å². The first kappa shape index (κ1) is 26.1. The number of aliphatic hydroxyl groups excluding tert-OH is 1. The third-order valence-corrected chi connectivity index (χ3v) is 7.17. The van der Waals surface area contributed by atoms with Crippen molar-refractivity contribution in [3.8, 4) is 11.5 Å². The first-order valence-corrected chi connectivity index (χ1v) is 13.1. The van der Waals surface area contributed by atoms with Crippen LogP contribution in [-0.4, -0.2) is 43.1 Å². The minimum Gasteiger partial charge on any atom is -0.508 e. The van der Waals surface area contributed by atoms with Crippen LogP contribution in [0.25, 0.3) is 0 Å². The number of aromatic hydroxyl groups is 1. The number of aliphatic hydroxyl groups is 1. The van der Waals surface area contributed by atoms with Crippen molar-refractivity contribution in [2.45, 2.75) is 58.0 Å². The van der Waals surface area contributed by atoms with E-state index in [9.17, 15) is 10.2 Å². The number of hydrogen-bond donors (Lipinski definition) is 3. The van der Waals surface area contributed by atoms with Crippen molar-refractivity contribution in [3.63, 3.8) is 0 Å². The molecule has 3 N–H and O–H groups in total. The summed E-state index contributed by atoms with van der Waals surface area (Å²) in [6, 6.07) is 21.4. The Bertz CT molecular complexity index is 1130. The summed E-state index contributed by atoms with van der Waals surface area (Å²) in [6.45, 7) is 6.68. The number of benzene rings is 3. The van der Waals surface area contributed by atoms with Crippen LogP contribution >= 0.6 is 0 Å². The lowest BCUT2D eigenvalue weighted by atomic mass is 9.79. The van der Waals surface area contributed by atoms with Crippen LogP contribution in [0.1, 0.15) is 54.0 Å². The summed E-state index contributed by atoms with van der Waals surface area (Å²) in [6.07, 6.45) is 3.94. The smallest absolute Gasteiger partial charge is 0.120 e. The molecule has 1 aliphatic rings. The lowest BCUT2D eigenvalue weighted by Crippen LogP contribution is -2.28. The molecule has 0 amide bonds. The lowest BCUT2D eigenvalue weighted by Gasteiger charge is -2.32. The number of hydrogen-bond acceptors (Lipinski definition) is 5. The zero-order valence-corrected chi connectivity index (χ0v) is 21.8. The molecule has 4 rings (SSSR count). The van der Waals surface area contributed by atoms with Crippen LogP contribution in [0.15, 0.2) is 60.7 Å². The van der Waals surface area contributed by atoms with Crippen molar-refractivity contribution < 1.29 is 14.9 Å². The first-order chi connectivity index (χ1) is 17.5. The molecule has 0 unspecified atom stereocenters. The van der Waals surface area contributed by atoms with E-state index in [4.69, 9.17) is 4.74 Å². The van der Waals surface area contributed by atoms with Gasteiger partial charge in [0.1, 0.15) is 11.5 Å². The van der Waals surface area contributed by atoms with E-state index in [1.165, 1.54) is 27.8 Å². The number of nitrogens with one attached hydrogen (secondary N) is 1. The van der Waals surface area contributed by atoms with Crippen molar-refractivity contribution in [1.82, 2.24) is 5.32 Å². The van der Waals surface area contributed by atoms with E-state index >= 15 is 0 Å². The highest BCUT2D eigenvalue weighted by atomic mass is 16.5. The Morgan fingerprint density at radius 3 is 2.50 bits per heavy atom. The molecule has 0 saturated carbocycles. The van der Waals surface area contributed by atoms with E-state index in [0.717, 1.165) is 50.2 Å². The Hall–Kier alpha value is -3.02. The number of methoxy groups -OCH3 is 1. The Kier molecular flexibility index (Phi) is 8.89. The van der Waals surface area contributed by atoms with Crippen LogP contribution < -0.4 is 15.0 Å². The summed E-state index contributed by atoms with van der Waals surface area (Å²) in [7, 11) is 1.70. The van der Waals surface area contributed by atoms with Gasteiger partial charge in [0.2, 0.25) is 0 Å². The maximum Gasteiger partial charge on any atom is 0.120 e. The van der Waals surface area contributed by atoms with E-state index in [0.29, 0.717) is 24.3 Å². The zero-order chi connectivity index (χ0) is 25.5. The van der Waals surface area contributed by atoms with Gasteiger partial charge < -0.3 is 25.2 Å². The predicted molar refractivity (Wildman–Crippen MR) is 147 cm³/mol. The third-order valence-electron chi connectivity index (χ3n) is 7.17. The summed E-state index contributed by atoms with van der Waals surface area (Å²) < 4.78 is 5.59. The second-order valence-electron chi connectivity index (χ2n) is 10.1. The molecular weight excluding hydrogens is 448 g/mol. The Morgan fingerprint density at radius 1 is 1.00 bits per heavy atom. The number of rotatable bonds is 11. The van der Waals surface area contributed by atoms with Crippen LogP contribution in [0.2, 0.25) is 0 Å². The summed E-state index contributed by atoms with van der Waals surface area (Å²) >= 11 is 0. The van der Waals surface area contributed by atoms with Crippen molar-refractivity contribution in [2.75, 3.05) is 31.7 Å². The van der Waals surface area contributed by atoms with Crippen LogP contribution in [-0.2, 0) is 25.8 Å². The van der Waals surface area contributed by atoms with Crippen molar-refractivity contribution in [2.24, 2.45) is 0 Å². The summed E-state index contributed by atoms with van der Waals surface area (Å²) in [5.74, 6) is 1.54. The topological polar surface area (TPSA) is 65.0 Å². The molecule has 5 nitrogen and oxygen atoms in total. The summed E-state index contributed by atoms with van der Waals surface area (Å²) in [4.78, 5) is 2.28. The molecule has 0 bridgehead atoms. The van der Waals surface area contributed by atoms with Gasteiger partial charge in [-0.15, -0.1) is 0 Å². The van der Waals surface area contributed by atoms with Crippen LogP contribution in [0.5, 0.6) is 11.5 Å². The molecule has 0 radical (unpaired) electrons. The molecule has 0 aliphatic heterocycles.